The molecular formula is C20H14N6O2. The van der Waals surface area contributed by atoms with Crippen LogP contribution in [0.5, 0.6) is 0 Å². The fraction of sp³-hybridized carbons (Fsp3) is 0.0500. The Bertz CT molecular complexity index is 1250. The third-order valence-corrected chi connectivity index (χ3v) is 4.17. The maximum absolute atomic E-state index is 12.7. The van der Waals surface area contributed by atoms with Crippen molar-refractivity contribution in [2.75, 3.05) is 5.32 Å². The number of hydrogen-bond acceptors (Lipinski definition) is 5. The second kappa shape index (κ2) is 7.17. The van der Waals surface area contributed by atoms with Gasteiger partial charge in [-0.3, -0.25) is 14.2 Å². The fourth-order valence-electron chi connectivity index (χ4n) is 2.80. The van der Waals surface area contributed by atoms with Crippen LogP contribution in [0.1, 0.15) is 5.56 Å². The van der Waals surface area contributed by atoms with Gasteiger partial charge in [0.05, 0.1) is 23.5 Å². The van der Waals surface area contributed by atoms with Crippen LogP contribution in [0.2, 0.25) is 0 Å². The molecule has 0 unspecified atom stereocenters. The first-order chi connectivity index (χ1) is 13.7. The van der Waals surface area contributed by atoms with Crippen molar-refractivity contribution in [3.8, 4) is 11.8 Å². The van der Waals surface area contributed by atoms with Crippen molar-refractivity contribution in [1.82, 2.24) is 19.3 Å². The lowest BCUT2D eigenvalue weighted by molar-refractivity contribution is -0.116. The van der Waals surface area contributed by atoms with E-state index in [9.17, 15) is 9.59 Å². The molecule has 2 aromatic carbocycles. The highest BCUT2D eigenvalue weighted by Gasteiger charge is 2.13. The van der Waals surface area contributed by atoms with Crippen molar-refractivity contribution in [2.24, 2.45) is 0 Å². The van der Waals surface area contributed by atoms with Gasteiger partial charge in [-0.2, -0.15) is 10.4 Å². The van der Waals surface area contributed by atoms with Gasteiger partial charge in [0.15, 0.2) is 5.65 Å². The summed E-state index contributed by atoms with van der Waals surface area (Å²) in [6, 6.07) is 17.8. The Morgan fingerprint density at radius 2 is 1.86 bits per heavy atom. The van der Waals surface area contributed by atoms with Crippen LogP contribution in [0.4, 0.5) is 5.69 Å². The topological polar surface area (TPSA) is 106 Å². The van der Waals surface area contributed by atoms with Gasteiger partial charge >= 0.3 is 0 Å². The number of benzene rings is 2. The number of rotatable bonds is 4. The van der Waals surface area contributed by atoms with Gasteiger partial charge in [-0.25, -0.2) is 9.67 Å². The number of nitrogens with one attached hydrogen (secondary N) is 1. The summed E-state index contributed by atoms with van der Waals surface area (Å²) in [4.78, 5) is 29.3. The van der Waals surface area contributed by atoms with Crippen molar-refractivity contribution in [3.63, 3.8) is 0 Å². The molecule has 1 amide bonds. The van der Waals surface area contributed by atoms with E-state index in [1.807, 2.05) is 36.4 Å². The molecule has 0 bridgehead atoms. The van der Waals surface area contributed by atoms with Crippen LogP contribution in [-0.4, -0.2) is 25.2 Å². The van der Waals surface area contributed by atoms with E-state index >= 15 is 0 Å². The number of nitrogens with zero attached hydrogens (tertiary/aromatic N) is 5. The molecule has 4 rings (SSSR count). The second-order valence-corrected chi connectivity index (χ2v) is 6.04. The SMILES string of the molecule is N#Cc1ccc(NC(=O)Cn2cnc3c(cnn3-c3ccccc3)c2=O)cc1. The summed E-state index contributed by atoms with van der Waals surface area (Å²) in [6.07, 6.45) is 2.79. The molecule has 0 spiro atoms. The fourth-order valence-corrected chi connectivity index (χ4v) is 2.80. The summed E-state index contributed by atoms with van der Waals surface area (Å²) in [5.41, 5.74) is 1.92. The zero-order valence-electron chi connectivity index (χ0n) is 14.6. The number of carbonyl (C=O) groups is 1. The summed E-state index contributed by atoms with van der Waals surface area (Å²) in [7, 11) is 0. The molecule has 8 nitrogen and oxygen atoms in total. The Hall–Kier alpha value is -4.25. The monoisotopic (exact) mass is 370 g/mol. The lowest BCUT2D eigenvalue weighted by Crippen LogP contribution is -2.27. The average Bonchev–Trinajstić information content (AvgIpc) is 3.16. The zero-order chi connectivity index (χ0) is 19.5. The minimum atomic E-state index is -0.372. The molecule has 8 heteroatoms. The summed E-state index contributed by atoms with van der Waals surface area (Å²) < 4.78 is 2.82. The van der Waals surface area contributed by atoms with Crippen LogP contribution < -0.4 is 10.9 Å². The molecule has 2 aromatic heterocycles. The van der Waals surface area contributed by atoms with E-state index in [0.717, 1.165) is 5.69 Å². The Labute approximate surface area is 159 Å². The number of carbonyl (C=O) groups excluding carboxylic acids is 1. The van der Waals surface area contributed by atoms with E-state index in [2.05, 4.69) is 15.4 Å². The van der Waals surface area contributed by atoms with Gasteiger partial charge in [-0.1, -0.05) is 18.2 Å². The van der Waals surface area contributed by atoms with Crippen molar-refractivity contribution in [1.29, 1.82) is 5.26 Å². The molecule has 0 radical (unpaired) electrons. The number of hydrogen-bond donors (Lipinski definition) is 1. The first-order valence-corrected chi connectivity index (χ1v) is 8.44. The molecule has 28 heavy (non-hydrogen) atoms. The maximum atomic E-state index is 12.7. The Morgan fingerprint density at radius 3 is 2.57 bits per heavy atom. The van der Waals surface area contributed by atoms with E-state index in [0.29, 0.717) is 22.3 Å². The molecule has 0 atom stereocenters. The highest BCUT2D eigenvalue weighted by molar-refractivity contribution is 5.90. The Morgan fingerprint density at radius 1 is 1.11 bits per heavy atom. The lowest BCUT2D eigenvalue weighted by atomic mass is 10.2. The smallest absolute Gasteiger partial charge is 0.264 e. The van der Waals surface area contributed by atoms with Gasteiger partial charge in [0.25, 0.3) is 5.56 Å². The van der Waals surface area contributed by atoms with E-state index in [1.165, 1.54) is 17.1 Å². The third-order valence-electron chi connectivity index (χ3n) is 4.17. The summed E-state index contributed by atoms with van der Waals surface area (Å²) in [5.74, 6) is -0.372. The highest BCUT2D eigenvalue weighted by Crippen LogP contribution is 2.13. The van der Waals surface area contributed by atoms with Gasteiger partial charge in [0.1, 0.15) is 18.3 Å². The third kappa shape index (κ3) is 3.24. The Balaban J connectivity index is 1.58. The number of nitriles is 1. The Kier molecular flexibility index (Phi) is 4.40. The number of anilines is 1. The van der Waals surface area contributed by atoms with Gasteiger partial charge in [-0.05, 0) is 36.4 Å². The van der Waals surface area contributed by atoms with Crippen LogP contribution in [0.3, 0.4) is 0 Å². The standard InChI is InChI=1S/C20H14N6O2/c21-10-14-6-8-15(9-7-14)24-18(27)12-25-13-22-19-17(20(25)28)11-23-26(19)16-4-2-1-3-5-16/h1-9,11,13H,12H2,(H,24,27). The summed E-state index contributed by atoms with van der Waals surface area (Å²) >= 11 is 0. The number of fused-ring (bicyclic) bond motifs is 1. The van der Waals surface area contributed by atoms with E-state index in [1.54, 1.807) is 28.9 Å². The molecule has 4 aromatic rings. The first-order valence-electron chi connectivity index (χ1n) is 8.44. The zero-order valence-corrected chi connectivity index (χ0v) is 14.6. The predicted molar refractivity (Wildman–Crippen MR) is 103 cm³/mol. The normalized spacial score (nSPS) is 10.5. The molecule has 0 aliphatic carbocycles. The van der Waals surface area contributed by atoms with Crippen LogP contribution >= 0.6 is 0 Å². The van der Waals surface area contributed by atoms with Crippen molar-refractivity contribution in [2.45, 2.75) is 6.54 Å². The molecule has 0 aliphatic heterocycles. The lowest BCUT2D eigenvalue weighted by Gasteiger charge is -2.08. The largest absolute Gasteiger partial charge is 0.325 e. The van der Waals surface area contributed by atoms with Crippen LogP contribution in [0.25, 0.3) is 16.7 Å². The molecule has 0 fully saturated rings. The molecule has 0 aliphatic rings. The first kappa shape index (κ1) is 17.2. The van der Waals surface area contributed by atoms with Crippen molar-refractivity contribution in [3.05, 3.63) is 83.0 Å². The summed E-state index contributed by atoms with van der Waals surface area (Å²) in [6.45, 7) is -0.182. The minimum Gasteiger partial charge on any atom is -0.325 e. The van der Waals surface area contributed by atoms with Crippen LogP contribution in [0, 0.1) is 11.3 Å². The molecule has 1 N–H and O–H groups in total. The maximum Gasteiger partial charge on any atom is 0.264 e. The quantitative estimate of drug-likeness (QED) is 0.592. The van der Waals surface area contributed by atoms with Crippen molar-refractivity contribution < 1.29 is 4.79 Å². The molecule has 0 saturated carbocycles. The number of para-hydroxylation sites is 1. The van der Waals surface area contributed by atoms with Gasteiger partial charge in [0, 0.05) is 5.69 Å². The molecular weight excluding hydrogens is 356 g/mol. The molecule has 0 saturated heterocycles. The number of aromatic nitrogens is 4. The minimum absolute atomic E-state index is 0.182. The van der Waals surface area contributed by atoms with Gasteiger partial charge in [-0.15, -0.1) is 0 Å². The highest BCUT2D eigenvalue weighted by atomic mass is 16.2. The van der Waals surface area contributed by atoms with E-state index in [-0.39, 0.29) is 18.0 Å². The van der Waals surface area contributed by atoms with Gasteiger partial charge in [0.2, 0.25) is 5.91 Å². The van der Waals surface area contributed by atoms with Gasteiger partial charge < -0.3 is 5.32 Å². The molecule has 2 heterocycles. The summed E-state index contributed by atoms with van der Waals surface area (Å²) in [5, 5.41) is 16.1. The number of amides is 1. The predicted octanol–water partition coefficient (Wildman–Crippen LogP) is 2.09. The van der Waals surface area contributed by atoms with Crippen LogP contribution in [0.15, 0.2) is 71.9 Å². The molecule has 136 valence electrons. The van der Waals surface area contributed by atoms with Crippen LogP contribution in [-0.2, 0) is 11.3 Å². The second-order valence-electron chi connectivity index (χ2n) is 6.04. The van der Waals surface area contributed by atoms with E-state index in [4.69, 9.17) is 5.26 Å². The average molecular weight is 370 g/mol. The van der Waals surface area contributed by atoms with Crippen molar-refractivity contribution >= 4 is 22.6 Å². The van der Waals surface area contributed by atoms with E-state index < -0.39 is 0 Å².